The molecule has 0 aliphatic rings. The van der Waals surface area contributed by atoms with E-state index in [9.17, 15) is 0 Å². The molecule has 46 heavy (non-hydrogen) atoms. The second kappa shape index (κ2) is 15.0. The zero-order valence-electron chi connectivity index (χ0n) is 25.6. The Kier molecular flexibility index (Phi) is 10.2. The van der Waals surface area contributed by atoms with Crippen molar-refractivity contribution in [1.82, 2.24) is 0 Å². The van der Waals surface area contributed by atoms with Crippen LogP contribution in [0.3, 0.4) is 0 Å². The molecule has 5 nitrogen and oxygen atoms in total. The van der Waals surface area contributed by atoms with Gasteiger partial charge in [0.25, 0.3) is 0 Å². The number of aryl methyl sites for hydroxylation is 1. The number of benzene rings is 6. The highest BCUT2D eigenvalue weighted by Gasteiger charge is 2.13. The number of aliphatic imine (C=N–C) groups is 1. The first-order chi connectivity index (χ1) is 22.4. The molecule has 5 N–H and O–H groups in total. The van der Waals surface area contributed by atoms with Crippen LogP contribution in [0.5, 0.6) is 0 Å². The van der Waals surface area contributed by atoms with E-state index in [1.165, 1.54) is 5.56 Å². The Morgan fingerprint density at radius 3 is 1.52 bits per heavy atom. The number of fused-ring (bicyclic) bond motifs is 1. The molecule has 0 atom stereocenters. The Bertz CT molecular complexity index is 2030. The van der Waals surface area contributed by atoms with Crippen LogP contribution in [0, 0.1) is 23.2 Å². The summed E-state index contributed by atoms with van der Waals surface area (Å²) in [6, 6.07) is 48.9. The van der Waals surface area contributed by atoms with E-state index in [-0.39, 0.29) is 11.7 Å². The molecule has 5 heteroatoms. The van der Waals surface area contributed by atoms with Gasteiger partial charge in [0.1, 0.15) is 5.84 Å². The number of hydrogen-bond donors (Lipinski definition) is 4. The van der Waals surface area contributed by atoms with Gasteiger partial charge in [-0.05, 0) is 64.2 Å². The van der Waals surface area contributed by atoms with E-state index >= 15 is 0 Å². The van der Waals surface area contributed by atoms with Crippen LogP contribution in [0.4, 0.5) is 0 Å². The third kappa shape index (κ3) is 8.04. The van der Waals surface area contributed by atoms with Gasteiger partial charge in [-0.1, -0.05) is 145 Å². The zero-order chi connectivity index (χ0) is 32.3. The fourth-order valence-electron chi connectivity index (χ4n) is 4.87. The average molecular weight is 598 g/mol. The lowest BCUT2D eigenvalue weighted by Gasteiger charge is -2.12. The molecule has 0 saturated carbocycles. The number of nitrogens with zero attached hydrogens (tertiary/aromatic N) is 1. The molecule has 0 radical (unpaired) electrons. The van der Waals surface area contributed by atoms with Crippen LogP contribution in [0.1, 0.15) is 27.8 Å². The van der Waals surface area contributed by atoms with E-state index in [1.54, 1.807) is 12.2 Å². The summed E-state index contributed by atoms with van der Waals surface area (Å²) in [5.74, 6) is 0.368. The first kappa shape index (κ1) is 31.2. The molecule has 0 aliphatic carbocycles. The molecule has 0 amide bonds. The van der Waals surface area contributed by atoms with Gasteiger partial charge in [-0.2, -0.15) is 0 Å². The van der Waals surface area contributed by atoms with Crippen LogP contribution in [0.15, 0.2) is 169 Å². The smallest absolute Gasteiger partial charge is 0.154 e. The van der Waals surface area contributed by atoms with Crippen molar-refractivity contribution in [3.63, 3.8) is 0 Å². The molecular formula is C41H35N5. The molecule has 6 aromatic carbocycles. The van der Waals surface area contributed by atoms with Crippen LogP contribution < -0.4 is 5.73 Å². The molecule has 0 saturated heterocycles. The summed E-state index contributed by atoms with van der Waals surface area (Å²) in [7, 11) is 0. The topological polar surface area (TPSA) is 110 Å². The molecule has 0 aliphatic heterocycles. The predicted octanol–water partition coefficient (Wildman–Crippen LogP) is 9.22. The molecule has 0 aromatic heterocycles. The second-order valence-electron chi connectivity index (χ2n) is 10.7. The standard InChI is InChI=1S/C34H27N5.C7H8/c35-31(24-9-3-1-4-10-24)19-20-32(36)25-17-15-23(16-18-25)29-21-27-13-7-8-14-28(27)22-30(29)34(38)39-33(37)26-11-5-2-6-12-26;1-7-5-3-2-4-6-7/h1-22,35-36H,(H3,37,38,39);2-6H,1H3/b20-19-,35-31?,36-32?;. The maximum Gasteiger partial charge on any atom is 0.154 e. The fraction of sp³-hybridized carbons (Fsp3) is 0.0244. The molecule has 224 valence electrons. The van der Waals surface area contributed by atoms with Crippen LogP contribution >= 0.6 is 0 Å². The monoisotopic (exact) mass is 597 g/mol. The van der Waals surface area contributed by atoms with Crippen molar-refractivity contribution in [1.29, 1.82) is 16.2 Å². The minimum atomic E-state index is 0.0799. The van der Waals surface area contributed by atoms with Gasteiger partial charge in [0.05, 0.1) is 11.4 Å². The Hall–Kier alpha value is -6.20. The normalized spacial score (nSPS) is 11.1. The summed E-state index contributed by atoms with van der Waals surface area (Å²) in [6.07, 6.45) is 3.28. The molecule has 0 bridgehead atoms. The average Bonchev–Trinajstić information content (AvgIpc) is 3.11. The van der Waals surface area contributed by atoms with E-state index in [0.29, 0.717) is 17.0 Å². The lowest BCUT2D eigenvalue weighted by molar-refractivity contribution is 1.40. The van der Waals surface area contributed by atoms with Gasteiger partial charge in [-0.25, -0.2) is 4.99 Å². The van der Waals surface area contributed by atoms with Crippen molar-refractivity contribution >= 4 is 33.9 Å². The number of rotatable bonds is 7. The number of amidine groups is 2. The summed E-state index contributed by atoms with van der Waals surface area (Å²) in [5.41, 5.74) is 13.0. The molecule has 0 fully saturated rings. The number of nitrogens with two attached hydrogens (primary N) is 1. The van der Waals surface area contributed by atoms with Crippen molar-refractivity contribution in [2.24, 2.45) is 10.7 Å². The highest BCUT2D eigenvalue weighted by molar-refractivity contribution is 6.15. The first-order valence-electron chi connectivity index (χ1n) is 14.9. The van der Waals surface area contributed by atoms with Crippen molar-refractivity contribution in [3.8, 4) is 11.1 Å². The van der Waals surface area contributed by atoms with Gasteiger partial charge >= 0.3 is 0 Å². The largest absolute Gasteiger partial charge is 0.383 e. The minimum Gasteiger partial charge on any atom is -0.383 e. The molecular weight excluding hydrogens is 562 g/mol. The van der Waals surface area contributed by atoms with Crippen molar-refractivity contribution in [2.75, 3.05) is 0 Å². The summed E-state index contributed by atoms with van der Waals surface area (Å²) in [4.78, 5) is 4.44. The van der Waals surface area contributed by atoms with Crippen molar-refractivity contribution in [2.45, 2.75) is 6.92 Å². The minimum absolute atomic E-state index is 0.0799. The number of allylic oxidation sites excluding steroid dienone is 2. The van der Waals surface area contributed by atoms with Crippen molar-refractivity contribution < 1.29 is 0 Å². The van der Waals surface area contributed by atoms with Gasteiger partial charge in [0.2, 0.25) is 0 Å². The summed E-state index contributed by atoms with van der Waals surface area (Å²) >= 11 is 0. The molecule has 6 aromatic rings. The van der Waals surface area contributed by atoms with Gasteiger partial charge in [0, 0.05) is 11.1 Å². The van der Waals surface area contributed by atoms with E-state index in [0.717, 1.165) is 38.6 Å². The first-order valence-corrected chi connectivity index (χ1v) is 14.9. The lowest BCUT2D eigenvalue weighted by Crippen LogP contribution is -2.16. The summed E-state index contributed by atoms with van der Waals surface area (Å²) in [5, 5.41) is 27.6. The Morgan fingerprint density at radius 2 is 1.00 bits per heavy atom. The third-order valence-corrected chi connectivity index (χ3v) is 7.39. The third-order valence-electron chi connectivity index (χ3n) is 7.39. The maximum absolute atomic E-state index is 8.82. The zero-order valence-corrected chi connectivity index (χ0v) is 25.6. The van der Waals surface area contributed by atoms with Crippen LogP contribution in [0.2, 0.25) is 0 Å². The van der Waals surface area contributed by atoms with E-state index in [2.05, 4.69) is 30.1 Å². The predicted molar refractivity (Wildman–Crippen MR) is 194 cm³/mol. The number of hydrogen-bond acceptors (Lipinski definition) is 3. The molecule has 6 rings (SSSR count). The van der Waals surface area contributed by atoms with Gasteiger partial charge in [-0.3, -0.25) is 5.41 Å². The van der Waals surface area contributed by atoms with Gasteiger partial charge in [-0.15, -0.1) is 0 Å². The van der Waals surface area contributed by atoms with Gasteiger partial charge in [0.15, 0.2) is 5.84 Å². The molecule has 0 spiro atoms. The Labute approximate surface area is 270 Å². The molecule has 0 unspecified atom stereocenters. The quantitative estimate of drug-likeness (QED) is 0.107. The maximum atomic E-state index is 8.82. The SMILES string of the molecule is Cc1ccccc1.N=C(/C=C\C(=N)c1ccc(-c2cc3ccccc3cc2C(=N)N=C(N)c2ccccc2)cc1)c1ccccc1. The highest BCUT2D eigenvalue weighted by Crippen LogP contribution is 2.30. The Balaban J connectivity index is 0.000000527. The fourth-order valence-corrected chi connectivity index (χ4v) is 4.87. The second-order valence-corrected chi connectivity index (χ2v) is 10.7. The summed E-state index contributed by atoms with van der Waals surface area (Å²) < 4.78 is 0. The van der Waals surface area contributed by atoms with Crippen LogP contribution in [-0.4, -0.2) is 23.1 Å². The van der Waals surface area contributed by atoms with E-state index in [4.69, 9.17) is 22.0 Å². The van der Waals surface area contributed by atoms with Crippen LogP contribution in [0.25, 0.3) is 21.9 Å². The lowest BCUT2D eigenvalue weighted by atomic mass is 9.94. The Morgan fingerprint density at radius 1 is 0.543 bits per heavy atom. The van der Waals surface area contributed by atoms with Crippen LogP contribution in [-0.2, 0) is 0 Å². The van der Waals surface area contributed by atoms with E-state index in [1.807, 2.05) is 133 Å². The number of nitrogens with one attached hydrogen (secondary N) is 3. The summed E-state index contributed by atoms with van der Waals surface area (Å²) in [6.45, 7) is 2.08. The van der Waals surface area contributed by atoms with Crippen molar-refractivity contribution in [3.05, 3.63) is 192 Å². The van der Waals surface area contributed by atoms with Gasteiger partial charge < -0.3 is 16.6 Å². The van der Waals surface area contributed by atoms with E-state index < -0.39 is 0 Å². The molecule has 0 heterocycles. The highest BCUT2D eigenvalue weighted by atomic mass is 14.9.